The van der Waals surface area contributed by atoms with Crippen molar-refractivity contribution in [3.05, 3.63) is 0 Å². The summed E-state index contributed by atoms with van der Waals surface area (Å²) >= 11 is 0. The Hall–Kier alpha value is -0.180. The summed E-state index contributed by atoms with van der Waals surface area (Å²) in [6.07, 6.45) is 2.74. The molecule has 1 aliphatic carbocycles. The molecule has 0 spiro atoms. The van der Waals surface area contributed by atoms with Crippen molar-refractivity contribution < 1.29 is 13.9 Å². The van der Waals surface area contributed by atoms with Gasteiger partial charge in [0.2, 0.25) is 0 Å². The van der Waals surface area contributed by atoms with Crippen LogP contribution in [-0.4, -0.2) is 17.6 Å². The molecule has 1 N–H and O–H groups in total. The van der Waals surface area contributed by atoms with Gasteiger partial charge < -0.3 is 5.11 Å². The molecule has 0 heterocycles. The first-order chi connectivity index (χ1) is 6.37. The van der Waals surface area contributed by atoms with Gasteiger partial charge in [-0.15, -0.1) is 0 Å². The monoisotopic (exact) mass is 206 g/mol. The maximum atomic E-state index is 13.5. The highest BCUT2D eigenvalue weighted by Gasteiger charge is 2.43. The van der Waals surface area contributed by atoms with E-state index in [1.165, 1.54) is 0 Å². The Balaban J connectivity index is 2.59. The molecule has 0 radical (unpaired) electrons. The Kier molecular flexibility index (Phi) is 3.51. The smallest absolute Gasteiger partial charge is 0.253 e. The molecule has 1 rings (SSSR count). The van der Waals surface area contributed by atoms with Crippen LogP contribution < -0.4 is 0 Å². The number of aliphatic hydroxyl groups is 1. The van der Waals surface area contributed by atoms with Crippen LogP contribution in [-0.2, 0) is 0 Å². The van der Waals surface area contributed by atoms with Gasteiger partial charge in [0, 0.05) is 18.9 Å². The summed E-state index contributed by atoms with van der Waals surface area (Å²) in [5.41, 5.74) is 0.0435. The summed E-state index contributed by atoms with van der Waals surface area (Å²) in [4.78, 5) is 0. The maximum absolute atomic E-state index is 13.5. The van der Waals surface area contributed by atoms with E-state index in [0.717, 1.165) is 12.8 Å². The molecular weight excluding hydrogens is 186 g/mol. The summed E-state index contributed by atoms with van der Waals surface area (Å²) in [5, 5.41) is 8.58. The molecule has 0 amide bonds. The van der Waals surface area contributed by atoms with Crippen LogP contribution in [0, 0.1) is 11.3 Å². The van der Waals surface area contributed by atoms with Crippen LogP contribution in [0.5, 0.6) is 0 Å². The summed E-state index contributed by atoms with van der Waals surface area (Å²) in [6.45, 7) is 3.69. The predicted molar refractivity (Wildman–Crippen MR) is 52.4 cm³/mol. The molecule has 0 bridgehead atoms. The Labute approximate surface area is 84.5 Å². The van der Waals surface area contributed by atoms with Gasteiger partial charge >= 0.3 is 0 Å². The fourth-order valence-electron chi connectivity index (χ4n) is 2.41. The molecule has 1 fully saturated rings. The van der Waals surface area contributed by atoms with Gasteiger partial charge in [0.15, 0.2) is 0 Å². The standard InChI is InChI=1S/C11H20F2O/c1-10(2)5-3-4-9(8-10)11(12,13)6-7-14/h9,14H,3-8H2,1-2H3. The van der Waals surface area contributed by atoms with Crippen LogP contribution in [0.4, 0.5) is 8.78 Å². The molecule has 0 aromatic carbocycles. The molecule has 1 nitrogen and oxygen atoms in total. The van der Waals surface area contributed by atoms with Gasteiger partial charge in [-0.25, -0.2) is 8.78 Å². The minimum atomic E-state index is -2.67. The summed E-state index contributed by atoms with van der Waals surface area (Å²) in [7, 11) is 0. The van der Waals surface area contributed by atoms with Crippen molar-refractivity contribution in [3.8, 4) is 0 Å². The lowest BCUT2D eigenvalue weighted by atomic mass is 9.70. The van der Waals surface area contributed by atoms with Crippen molar-refractivity contribution in [3.63, 3.8) is 0 Å². The topological polar surface area (TPSA) is 20.2 Å². The Morgan fingerprint density at radius 3 is 2.57 bits per heavy atom. The van der Waals surface area contributed by atoms with Crippen molar-refractivity contribution in [2.45, 2.75) is 51.9 Å². The van der Waals surface area contributed by atoms with Crippen molar-refractivity contribution in [1.29, 1.82) is 0 Å². The lowest BCUT2D eigenvalue weighted by Gasteiger charge is -2.38. The van der Waals surface area contributed by atoms with Gasteiger partial charge in [-0.3, -0.25) is 0 Å². The molecule has 1 aliphatic rings. The average molecular weight is 206 g/mol. The molecule has 1 unspecified atom stereocenters. The number of hydrogen-bond donors (Lipinski definition) is 1. The predicted octanol–water partition coefficient (Wildman–Crippen LogP) is 3.22. The van der Waals surface area contributed by atoms with Gasteiger partial charge in [-0.2, -0.15) is 0 Å². The zero-order valence-electron chi connectivity index (χ0n) is 9.02. The first kappa shape index (κ1) is 11.9. The largest absolute Gasteiger partial charge is 0.396 e. The number of hydrogen-bond acceptors (Lipinski definition) is 1. The Morgan fingerprint density at radius 1 is 1.43 bits per heavy atom. The third-order valence-electron chi connectivity index (χ3n) is 3.25. The molecule has 84 valence electrons. The average Bonchev–Trinajstić information content (AvgIpc) is 2.02. The highest BCUT2D eigenvalue weighted by atomic mass is 19.3. The molecule has 3 heteroatoms. The van der Waals surface area contributed by atoms with E-state index >= 15 is 0 Å². The van der Waals surface area contributed by atoms with E-state index in [1.807, 2.05) is 13.8 Å². The van der Waals surface area contributed by atoms with Crippen LogP contribution in [0.15, 0.2) is 0 Å². The first-order valence-corrected chi connectivity index (χ1v) is 5.36. The van der Waals surface area contributed by atoms with Crippen LogP contribution in [0.2, 0.25) is 0 Å². The zero-order chi connectivity index (χ0) is 10.8. The third-order valence-corrected chi connectivity index (χ3v) is 3.25. The van der Waals surface area contributed by atoms with E-state index in [4.69, 9.17) is 5.11 Å². The van der Waals surface area contributed by atoms with Crippen LogP contribution >= 0.6 is 0 Å². The highest BCUT2D eigenvalue weighted by molar-refractivity contribution is 4.86. The number of alkyl halides is 2. The van der Waals surface area contributed by atoms with Gasteiger partial charge in [-0.1, -0.05) is 20.3 Å². The van der Waals surface area contributed by atoms with Crippen molar-refractivity contribution in [1.82, 2.24) is 0 Å². The van der Waals surface area contributed by atoms with E-state index in [-0.39, 0.29) is 11.8 Å². The molecular formula is C11H20F2O. The first-order valence-electron chi connectivity index (χ1n) is 5.36. The lowest BCUT2D eigenvalue weighted by Crippen LogP contribution is -2.36. The van der Waals surface area contributed by atoms with Crippen LogP contribution in [0.3, 0.4) is 0 Å². The number of halogens is 2. The van der Waals surface area contributed by atoms with Crippen LogP contribution in [0.25, 0.3) is 0 Å². The van der Waals surface area contributed by atoms with Crippen molar-refractivity contribution in [2.24, 2.45) is 11.3 Å². The molecule has 0 aliphatic heterocycles. The van der Waals surface area contributed by atoms with Gasteiger partial charge in [-0.05, 0) is 24.7 Å². The molecule has 0 aromatic rings. The van der Waals surface area contributed by atoms with E-state index in [0.29, 0.717) is 12.8 Å². The zero-order valence-corrected chi connectivity index (χ0v) is 9.02. The summed E-state index contributed by atoms with van der Waals surface area (Å²) in [5.74, 6) is -3.20. The maximum Gasteiger partial charge on any atom is 0.253 e. The van der Waals surface area contributed by atoms with Crippen molar-refractivity contribution >= 4 is 0 Å². The van der Waals surface area contributed by atoms with E-state index in [9.17, 15) is 8.78 Å². The molecule has 0 saturated heterocycles. The number of rotatable bonds is 3. The Bertz CT molecular complexity index is 190. The van der Waals surface area contributed by atoms with E-state index in [1.54, 1.807) is 0 Å². The van der Waals surface area contributed by atoms with E-state index in [2.05, 4.69) is 0 Å². The number of aliphatic hydroxyl groups excluding tert-OH is 1. The Morgan fingerprint density at radius 2 is 2.07 bits per heavy atom. The second-order valence-corrected chi connectivity index (χ2v) is 5.19. The minimum Gasteiger partial charge on any atom is -0.396 e. The second kappa shape index (κ2) is 4.13. The van der Waals surface area contributed by atoms with Gasteiger partial charge in [0.25, 0.3) is 5.92 Å². The minimum absolute atomic E-state index is 0.0435. The normalized spacial score (nSPS) is 27.6. The van der Waals surface area contributed by atoms with Crippen molar-refractivity contribution in [2.75, 3.05) is 6.61 Å². The summed E-state index contributed by atoms with van der Waals surface area (Å²) in [6, 6.07) is 0. The fourth-order valence-corrected chi connectivity index (χ4v) is 2.41. The lowest BCUT2D eigenvalue weighted by molar-refractivity contribution is -0.1000. The molecule has 14 heavy (non-hydrogen) atoms. The third kappa shape index (κ3) is 2.91. The van der Waals surface area contributed by atoms with Gasteiger partial charge in [0.1, 0.15) is 0 Å². The fraction of sp³-hybridized carbons (Fsp3) is 1.00. The second-order valence-electron chi connectivity index (χ2n) is 5.19. The molecule has 1 atom stereocenters. The molecule has 0 aromatic heterocycles. The SMILES string of the molecule is CC1(C)CCCC(C(F)(F)CCO)C1. The molecule has 1 saturated carbocycles. The highest BCUT2D eigenvalue weighted by Crippen LogP contribution is 2.45. The summed E-state index contributed by atoms with van der Waals surface area (Å²) < 4.78 is 27.0. The van der Waals surface area contributed by atoms with E-state index < -0.39 is 18.4 Å². The van der Waals surface area contributed by atoms with Gasteiger partial charge in [0.05, 0.1) is 0 Å². The van der Waals surface area contributed by atoms with Crippen LogP contribution in [0.1, 0.15) is 46.0 Å². The quantitative estimate of drug-likeness (QED) is 0.751.